The summed E-state index contributed by atoms with van der Waals surface area (Å²) in [6.07, 6.45) is -2.14. The Balaban J connectivity index is 0.000000681. The van der Waals surface area contributed by atoms with Gasteiger partial charge in [-0.25, -0.2) is 9.18 Å². The van der Waals surface area contributed by atoms with Crippen molar-refractivity contribution < 1.29 is 36.1 Å². The fourth-order valence-corrected chi connectivity index (χ4v) is 4.10. The third-order valence-corrected chi connectivity index (χ3v) is 5.73. The first kappa shape index (κ1) is 23.9. The highest BCUT2D eigenvalue weighted by Gasteiger charge is 2.51. The smallest absolute Gasteiger partial charge is 0.355 e. The number of nitrogens with one attached hydrogen (secondary N) is 1. The minimum Gasteiger partial charge on any atom is -0.355 e. The highest BCUT2D eigenvalue weighted by atomic mass is 32.1. The van der Waals surface area contributed by atoms with Crippen molar-refractivity contribution in [2.75, 3.05) is 16.8 Å². The number of alkyl halides is 3. The Bertz CT molecular complexity index is 1540. The van der Waals surface area contributed by atoms with E-state index in [1.165, 1.54) is 43.3 Å². The first-order chi connectivity index (χ1) is 18.9. The minimum absolute atomic E-state index is 0.00322. The van der Waals surface area contributed by atoms with E-state index in [9.17, 15) is 31.9 Å². The van der Waals surface area contributed by atoms with Gasteiger partial charge in [0.15, 0.2) is 5.11 Å². The lowest BCUT2D eigenvalue weighted by molar-refractivity contribution is -0.137. The summed E-state index contributed by atoms with van der Waals surface area (Å²) in [5.74, 6) is -3.01. The zero-order valence-corrected chi connectivity index (χ0v) is 20.3. The maximum Gasteiger partial charge on any atom is 0.417 e. The second-order valence-electron chi connectivity index (χ2n) is 8.11. The predicted octanol–water partition coefficient (Wildman–Crippen LogP) is 4.25. The van der Waals surface area contributed by atoms with Crippen LogP contribution in [-0.2, 0) is 11.0 Å². The summed E-state index contributed by atoms with van der Waals surface area (Å²) >= 11 is 5.36. The second kappa shape index (κ2) is 10.5. The molecule has 0 radical (unpaired) electrons. The standard InChI is InChI=1S/C21H16F4N4O2S.C3H2N2O/c1-20(2)18(31)28(12-5-4-11(10-26)15(8-12)21(23,24)25)19(32)29(20)13-6-7-14(16(22)9-13)17(30)27-3;6-3-4-1-2-5-3/h4-9H,1-3H3,(H,27,30);1-2H/i3D3;. The van der Waals surface area contributed by atoms with Crippen LogP contribution in [0, 0.1) is 17.1 Å². The molecule has 2 aliphatic heterocycles. The number of hydrogen-bond donors (Lipinski definition) is 1. The zero-order valence-electron chi connectivity index (χ0n) is 22.5. The summed E-state index contributed by atoms with van der Waals surface area (Å²) in [4.78, 5) is 43.6. The van der Waals surface area contributed by atoms with Crippen molar-refractivity contribution in [3.05, 3.63) is 58.9 Å². The van der Waals surface area contributed by atoms with Crippen LogP contribution >= 0.6 is 12.2 Å². The van der Waals surface area contributed by atoms with Crippen LogP contribution in [0.15, 0.2) is 46.4 Å². The Morgan fingerprint density at radius 2 is 1.76 bits per heavy atom. The van der Waals surface area contributed by atoms with Crippen LogP contribution in [-0.4, -0.2) is 47.9 Å². The molecule has 0 atom stereocenters. The Kier molecular flexibility index (Phi) is 6.57. The molecule has 4 amide bonds. The quantitative estimate of drug-likeness (QED) is 0.452. The predicted molar refractivity (Wildman–Crippen MR) is 135 cm³/mol. The number of nitrogens with zero attached hydrogens (tertiary/aromatic N) is 5. The summed E-state index contributed by atoms with van der Waals surface area (Å²) in [5.41, 5.74) is -4.17. The Hall–Kier alpha value is -4.51. The van der Waals surface area contributed by atoms with E-state index in [-0.39, 0.29) is 16.5 Å². The third kappa shape index (κ3) is 5.28. The normalized spacial score (nSPS) is 17.4. The molecule has 2 heterocycles. The molecule has 14 heteroatoms. The van der Waals surface area contributed by atoms with Gasteiger partial charge in [0.25, 0.3) is 11.8 Å². The van der Waals surface area contributed by atoms with Gasteiger partial charge in [-0.1, -0.05) is 0 Å². The number of benzene rings is 2. The van der Waals surface area contributed by atoms with Crippen LogP contribution in [0.1, 0.15) is 39.4 Å². The lowest BCUT2D eigenvalue weighted by atomic mass is 10.0. The molecule has 9 nitrogen and oxygen atoms in total. The molecule has 38 heavy (non-hydrogen) atoms. The first-order valence-electron chi connectivity index (χ1n) is 11.9. The molecule has 0 spiro atoms. The Labute approximate surface area is 223 Å². The molecule has 2 aliphatic rings. The van der Waals surface area contributed by atoms with Crippen LogP contribution < -0.4 is 15.1 Å². The van der Waals surface area contributed by atoms with Gasteiger partial charge < -0.3 is 10.2 Å². The summed E-state index contributed by atoms with van der Waals surface area (Å²) < 4.78 is 76.2. The minimum atomic E-state index is -4.87. The van der Waals surface area contributed by atoms with Crippen LogP contribution in [0.2, 0.25) is 0 Å². The number of urea groups is 1. The van der Waals surface area contributed by atoms with Crippen molar-refractivity contribution in [1.29, 1.82) is 5.26 Å². The van der Waals surface area contributed by atoms with Gasteiger partial charge in [0, 0.05) is 16.8 Å². The van der Waals surface area contributed by atoms with Gasteiger partial charge >= 0.3 is 12.2 Å². The third-order valence-electron chi connectivity index (χ3n) is 5.36. The summed E-state index contributed by atoms with van der Waals surface area (Å²) in [7, 11) is 0. The van der Waals surface area contributed by atoms with E-state index in [0.717, 1.165) is 29.2 Å². The molecule has 0 saturated carbocycles. The van der Waals surface area contributed by atoms with Gasteiger partial charge in [0.05, 0.1) is 40.9 Å². The SMILES string of the molecule is O=C1N=CC=N1.[2H]C([2H])([2H])NC(=O)c1ccc(N2C(=S)N(c3ccc(C#N)c(C(F)(F)F)c3)C(=O)C2(C)C)cc1F. The van der Waals surface area contributed by atoms with Crippen LogP contribution in [0.25, 0.3) is 0 Å². The monoisotopic (exact) mass is 549 g/mol. The van der Waals surface area contributed by atoms with E-state index in [1.807, 2.05) is 0 Å². The molecule has 2 aromatic carbocycles. The van der Waals surface area contributed by atoms with Crippen LogP contribution in [0.5, 0.6) is 0 Å². The van der Waals surface area contributed by atoms with Crippen molar-refractivity contribution in [1.82, 2.24) is 5.32 Å². The second-order valence-corrected chi connectivity index (χ2v) is 8.48. The first-order valence-corrected chi connectivity index (χ1v) is 10.8. The molecular formula is C24H18F4N6O3S. The number of rotatable bonds is 3. The average molecular weight is 550 g/mol. The number of thiocarbonyl (C=S) groups is 1. The summed E-state index contributed by atoms with van der Waals surface area (Å²) in [5, 5.41) is 10.4. The van der Waals surface area contributed by atoms with Crippen LogP contribution in [0.4, 0.5) is 33.7 Å². The lowest BCUT2D eigenvalue weighted by Crippen LogP contribution is -2.44. The Morgan fingerprint density at radius 1 is 1.13 bits per heavy atom. The lowest BCUT2D eigenvalue weighted by Gasteiger charge is -2.29. The van der Waals surface area contributed by atoms with Gasteiger partial charge in [0.2, 0.25) is 0 Å². The molecule has 1 saturated heterocycles. The van der Waals surface area contributed by atoms with E-state index in [0.29, 0.717) is 6.07 Å². The van der Waals surface area contributed by atoms with E-state index in [4.69, 9.17) is 21.6 Å². The van der Waals surface area contributed by atoms with Crippen molar-refractivity contribution in [3.8, 4) is 6.07 Å². The average Bonchev–Trinajstić information content (AvgIpc) is 3.39. The zero-order chi connectivity index (χ0) is 30.9. The van der Waals surface area contributed by atoms with Crippen molar-refractivity contribution in [2.24, 2.45) is 9.98 Å². The van der Waals surface area contributed by atoms with Gasteiger partial charge in [0.1, 0.15) is 11.4 Å². The van der Waals surface area contributed by atoms with Crippen molar-refractivity contribution >= 4 is 59.0 Å². The molecule has 1 N–H and O–H groups in total. The van der Waals surface area contributed by atoms with E-state index in [2.05, 4.69) is 9.98 Å². The van der Waals surface area contributed by atoms with E-state index >= 15 is 0 Å². The molecule has 0 unspecified atom stereocenters. The highest BCUT2D eigenvalue weighted by molar-refractivity contribution is 7.81. The number of nitriles is 1. The van der Waals surface area contributed by atoms with Crippen LogP contribution in [0.3, 0.4) is 0 Å². The topological polar surface area (TPSA) is 118 Å². The van der Waals surface area contributed by atoms with Gasteiger partial charge in [-0.3, -0.25) is 14.5 Å². The maximum absolute atomic E-state index is 14.7. The largest absolute Gasteiger partial charge is 0.417 e. The van der Waals surface area contributed by atoms with Gasteiger partial charge in [-0.15, -0.1) is 0 Å². The molecule has 0 bridgehead atoms. The van der Waals surface area contributed by atoms with E-state index < -0.39 is 59.0 Å². The van der Waals surface area contributed by atoms with Gasteiger partial charge in [-0.2, -0.15) is 28.4 Å². The number of carbonyl (C=O) groups excluding carboxylic acids is 3. The molecule has 4 rings (SSSR count). The molecule has 0 aromatic heterocycles. The summed E-state index contributed by atoms with van der Waals surface area (Å²) in [6.45, 7) is -0.00378. The Morgan fingerprint density at radius 3 is 2.26 bits per heavy atom. The fourth-order valence-electron chi connectivity index (χ4n) is 3.58. The number of carbonyl (C=O) groups is 3. The molecule has 0 aliphatic carbocycles. The molecule has 1 fully saturated rings. The van der Waals surface area contributed by atoms with Crippen molar-refractivity contribution in [2.45, 2.75) is 25.6 Å². The number of halogens is 4. The molecule has 2 aromatic rings. The van der Waals surface area contributed by atoms with Gasteiger partial charge in [-0.05, 0) is 62.5 Å². The number of hydrogen-bond acceptors (Lipinski definition) is 5. The number of anilines is 2. The molecule has 196 valence electrons. The number of amides is 4. The molecular weight excluding hydrogens is 528 g/mol. The maximum atomic E-state index is 14.7. The van der Waals surface area contributed by atoms with Crippen molar-refractivity contribution in [3.63, 3.8) is 0 Å². The van der Waals surface area contributed by atoms with E-state index in [1.54, 1.807) is 5.32 Å². The highest BCUT2D eigenvalue weighted by Crippen LogP contribution is 2.39. The number of aliphatic imine (C=N–C) groups is 2. The fraction of sp³-hybridized carbons (Fsp3) is 0.208. The summed E-state index contributed by atoms with van der Waals surface area (Å²) in [6, 6.07) is 6.82.